The first kappa shape index (κ1) is 12.7. The van der Waals surface area contributed by atoms with Gasteiger partial charge in [0, 0.05) is 6.20 Å². The van der Waals surface area contributed by atoms with Crippen molar-refractivity contribution in [1.29, 1.82) is 0 Å². The van der Waals surface area contributed by atoms with Crippen LogP contribution in [-0.2, 0) is 0 Å². The van der Waals surface area contributed by atoms with Crippen LogP contribution in [0.4, 0.5) is 0 Å². The van der Waals surface area contributed by atoms with Crippen LogP contribution >= 0.6 is 0 Å². The van der Waals surface area contributed by atoms with Gasteiger partial charge in [0.25, 0.3) is 0 Å². The highest BCUT2D eigenvalue weighted by Crippen LogP contribution is 2.21. The predicted molar refractivity (Wildman–Crippen MR) is 68.6 cm³/mol. The molecule has 1 atom stereocenters. The van der Waals surface area contributed by atoms with Gasteiger partial charge in [-0.2, -0.15) is 4.98 Å². The summed E-state index contributed by atoms with van der Waals surface area (Å²) in [5, 5.41) is 3.95. The van der Waals surface area contributed by atoms with Crippen LogP contribution in [0.2, 0.25) is 0 Å². The summed E-state index contributed by atoms with van der Waals surface area (Å²) >= 11 is 0. The van der Waals surface area contributed by atoms with Crippen LogP contribution in [0.25, 0.3) is 11.5 Å². The Kier molecular flexibility index (Phi) is 3.72. The number of rotatable bonds is 4. The fraction of sp³-hybridized carbons (Fsp3) is 0.462. The Hall–Kier alpha value is -1.75. The van der Waals surface area contributed by atoms with Gasteiger partial charge in [0.2, 0.25) is 11.7 Å². The first-order chi connectivity index (χ1) is 8.58. The molecule has 0 amide bonds. The van der Waals surface area contributed by atoms with E-state index in [1.807, 2.05) is 19.1 Å². The minimum atomic E-state index is -0.213. The molecule has 5 heteroatoms. The maximum Gasteiger partial charge on any atom is 0.243 e. The maximum absolute atomic E-state index is 6.01. The van der Waals surface area contributed by atoms with Gasteiger partial charge in [0.1, 0.15) is 5.69 Å². The zero-order valence-electron chi connectivity index (χ0n) is 10.9. The SMILES string of the molecule is Cc1cccnc1-c1noc([C@H](N)CC(C)C)n1. The molecule has 0 aliphatic carbocycles. The van der Waals surface area contributed by atoms with E-state index in [0.717, 1.165) is 17.7 Å². The number of hydrogen-bond acceptors (Lipinski definition) is 5. The minimum absolute atomic E-state index is 0.213. The summed E-state index contributed by atoms with van der Waals surface area (Å²) in [7, 11) is 0. The Balaban J connectivity index is 2.23. The molecule has 0 saturated heterocycles. The van der Waals surface area contributed by atoms with Crippen molar-refractivity contribution in [2.45, 2.75) is 33.2 Å². The molecule has 2 rings (SSSR count). The van der Waals surface area contributed by atoms with Crippen molar-refractivity contribution in [3.63, 3.8) is 0 Å². The van der Waals surface area contributed by atoms with Crippen LogP contribution in [0.5, 0.6) is 0 Å². The molecular formula is C13H18N4O. The first-order valence-corrected chi connectivity index (χ1v) is 6.09. The average Bonchev–Trinajstić information content (AvgIpc) is 2.78. The highest BCUT2D eigenvalue weighted by molar-refractivity contribution is 5.53. The molecular weight excluding hydrogens is 228 g/mol. The summed E-state index contributed by atoms with van der Waals surface area (Å²) in [6, 6.07) is 3.63. The summed E-state index contributed by atoms with van der Waals surface area (Å²) < 4.78 is 5.21. The van der Waals surface area contributed by atoms with E-state index in [2.05, 4.69) is 29.0 Å². The minimum Gasteiger partial charge on any atom is -0.337 e. The molecule has 2 aromatic rings. The van der Waals surface area contributed by atoms with Crippen molar-refractivity contribution in [2.75, 3.05) is 0 Å². The normalized spacial score (nSPS) is 12.9. The van der Waals surface area contributed by atoms with Crippen molar-refractivity contribution in [2.24, 2.45) is 11.7 Å². The molecule has 0 radical (unpaired) electrons. The van der Waals surface area contributed by atoms with E-state index < -0.39 is 0 Å². The van der Waals surface area contributed by atoms with Crippen molar-refractivity contribution in [3.8, 4) is 11.5 Å². The lowest BCUT2D eigenvalue weighted by Crippen LogP contribution is -2.13. The van der Waals surface area contributed by atoms with Gasteiger partial charge in [-0.1, -0.05) is 25.1 Å². The van der Waals surface area contributed by atoms with Gasteiger partial charge in [-0.05, 0) is 30.9 Å². The third kappa shape index (κ3) is 2.73. The third-order valence-corrected chi connectivity index (χ3v) is 2.71. The monoisotopic (exact) mass is 246 g/mol. The largest absolute Gasteiger partial charge is 0.337 e. The van der Waals surface area contributed by atoms with E-state index in [1.54, 1.807) is 6.20 Å². The first-order valence-electron chi connectivity index (χ1n) is 6.09. The Bertz CT molecular complexity index is 521. The molecule has 2 aromatic heterocycles. The highest BCUT2D eigenvalue weighted by Gasteiger charge is 2.18. The molecule has 0 spiro atoms. The van der Waals surface area contributed by atoms with Gasteiger partial charge in [-0.3, -0.25) is 4.98 Å². The molecule has 5 nitrogen and oxygen atoms in total. The van der Waals surface area contributed by atoms with Gasteiger partial charge in [0.05, 0.1) is 6.04 Å². The second-order valence-corrected chi connectivity index (χ2v) is 4.86. The molecule has 2 N–H and O–H groups in total. The van der Waals surface area contributed by atoms with Crippen LogP contribution in [0, 0.1) is 12.8 Å². The summed E-state index contributed by atoms with van der Waals surface area (Å²) in [5.74, 6) is 1.47. The molecule has 96 valence electrons. The molecule has 0 aliphatic heterocycles. The fourth-order valence-electron chi connectivity index (χ4n) is 1.81. The summed E-state index contributed by atoms with van der Waals surface area (Å²) in [6.45, 7) is 6.19. The van der Waals surface area contributed by atoms with Crippen LogP contribution in [-0.4, -0.2) is 15.1 Å². The maximum atomic E-state index is 6.01. The van der Waals surface area contributed by atoms with Gasteiger partial charge >= 0.3 is 0 Å². The number of aromatic nitrogens is 3. The fourth-order valence-corrected chi connectivity index (χ4v) is 1.81. The van der Waals surface area contributed by atoms with E-state index >= 15 is 0 Å². The lowest BCUT2D eigenvalue weighted by atomic mass is 10.0. The van der Waals surface area contributed by atoms with Crippen molar-refractivity contribution in [1.82, 2.24) is 15.1 Å². The van der Waals surface area contributed by atoms with E-state index in [1.165, 1.54) is 0 Å². The Morgan fingerprint density at radius 1 is 1.39 bits per heavy atom. The number of hydrogen-bond donors (Lipinski definition) is 1. The van der Waals surface area contributed by atoms with Crippen LogP contribution in [0.1, 0.15) is 37.8 Å². The smallest absolute Gasteiger partial charge is 0.243 e. The number of pyridine rings is 1. The zero-order valence-corrected chi connectivity index (χ0v) is 10.9. The second kappa shape index (κ2) is 5.27. The molecule has 0 aromatic carbocycles. The van der Waals surface area contributed by atoms with E-state index in [9.17, 15) is 0 Å². The van der Waals surface area contributed by atoms with Gasteiger partial charge < -0.3 is 10.3 Å². The standard InChI is InChI=1S/C13H18N4O/c1-8(2)7-10(14)13-16-12(17-18-13)11-9(3)5-4-6-15-11/h4-6,8,10H,7,14H2,1-3H3/t10-/m1/s1. The molecule has 0 bridgehead atoms. The second-order valence-electron chi connectivity index (χ2n) is 4.86. The Labute approximate surface area is 106 Å². The third-order valence-electron chi connectivity index (χ3n) is 2.71. The number of aryl methyl sites for hydroxylation is 1. The van der Waals surface area contributed by atoms with Crippen molar-refractivity contribution < 1.29 is 4.52 Å². The van der Waals surface area contributed by atoms with Gasteiger partial charge in [-0.15, -0.1) is 0 Å². The lowest BCUT2D eigenvalue weighted by Gasteiger charge is -2.08. The molecule has 0 unspecified atom stereocenters. The quantitative estimate of drug-likeness (QED) is 0.896. The van der Waals surface area contributed by atoms with Crippen LogP contribution in [0.3, 0.4) is 0 Å². The summed E-state index contributed by atoms with van der Waals surface area (Å²) in [4.78, 5) is 8.59. The Morgan fingerprint density at radius 3 is 2.83 bits per heavy atom. The molecule has 0 fully saturated rings. The van der Waals surface area contributed by atoms with E-state index in [4.69, 9.17) is 10.3 Å². The molecule has 18 heavy (non-hydrogen) atoms. The van der Waals surface area contributed by atoms with Gasteiger partial charge in [0.15, 0.2) is 0 Å². The number of nitrogens with zero attached hydrogens (tertiary/aromatic N) is 3. The lowest BCUT2D eigenvalue weighted by molar-refractivity contribution is 0.335. The molecule has 0 saturated carbocycles. The van der Waals surface area contributed by atoms with Gasteiger partial charge in [-0.25, -0.2) is 0 Å². The van der Waals surface area contributed by atoms with E-state index in [-0.39, 0.29) is 6.04 Å². The zero-order chi connectivity index (χ0) is 13.1. The van der Waals surface area contributed by atoms with Crippen LogP contribution in [0.15, 0.2) is 22.9 Å². The van der Waals surface area contributed by atoms with Crippen molar-refractivity contribution >= 4 is 0 Å². The number of nitrogens with two attached hydrogens (primary N) is 1. The predicted octanol–water partition coefficient (Wildman–Crippen LogP) is 2.49. The highest BCUT2D eigenvalue weighted by atomic mass is 16.5. The topological polar surface area (TPSA) is 77.8 Å². The summed E-state index contributed by atoms with van der Waals surface area (Å²) in [5.41, 5.74) is 7.76. The Morgan fingerprint density at radius 2 is 2.17 bits per heavy atom. The molecule has 0 aliphatic rings. The average molecular weight is 246 g/mol. The van der Waals surface area contributed by atoms with E-state index in [0.29, 0.717) is 17.6 Å². The van der Waals surface area contributed by atoms with Crippen LogP contribution < -0.4 is 5.73 Å². The molecule has 2 heterocycles. The summed E-state index contributed by atoms with van der Waals surface area (Å²) in [6.07, 6.45) is 2.54. The van der Waals surface area contributed by atoms with Crippen molar-refractivity contribution in [3.05, 3.63) is 29.8 Å².